The smallest absolute Gasteiger partial charge is 0.254 e. The van der Waals surface area contributed by atoms with Gasteiger partial charge < -0.3 is 19.8 Å². The van der Waals surface area contributed by atoms with Gasteiger partial charge in [0.25, 0.3) is 5.91 Å². The zero-order chi connectivity index (χ0) is 22.7. The largest absolute Gasteiger partial charge is 0.491 e. The van der Waals surface area contributed by atoms with E-state index in [1.807, 2.05) is 43.4 Å². The number of fused-ring (bicyclic) bond motifs is 4. The van der Waals surface area contributed by atoms with Crippen molar-refractivity contribution in [2.75, 3.05) is 19.4 Å². The van der Waals surface area contributed by atoms with E-state index in [0.29, 0.717) is 18.0 Å². The predicted octanol–water partition coefficient (Wildman–Crippen LogP) is 4.17. The zero-order valence-electron chi connectivity index (χ0n) is 18.1. The Balaban J connectivity index is 1.35. The summed E-state index contributed by atoms with van der Waals surface area (Å²) >= 11 is 0. The first-order chi connectivity index (χ1) is 16.0. The molecule has 6 rings (SSSR count). The fourth-order valence-corrected chi connectivity index (χ4v) is 4.56. The van der Waals surface area contributed by atoms with E-state index in [4.69, 9.17) is 14.9 Å². The highest BCUT2D eigenvalue weighted by Crippen LogP contribution is 2.39. The third-order valence-corrected chi connectivity index (χ3v) is 6.37. The number of ether oxygens (including phenoxy) is 1. The van der Waals surface area contributed by atoms with Crippen LogP contribution in [0.4, 0.5) is 5.82 Å². The molecule has 0 radical (unpaired) electrons. The molecule has 0 saturated heterocycles. The minimum atomic E-state index is -0.178. The van der Waals surface area contributed by atoms with Gasteiger partial charge in [-0.3, -0.25) is 9.48 Å². The Morgan fingerprint density at radius 1 is 1.15 bits per heavy atom. The molecule has 1 amide bonds. The minimum absolute atomic E-state index is 0.0931. The molecule has 1 atom stereocenters. The van der Waals surface area contributed by atoms with Crippen LogP contribution in [0.5, 0.6) is 5.75 Å². The molecule has 1 aliphatic heterocycles. The van der Waals surface area contributed by atoms with Crippen LogP contribution in [0.25, 0.3) is 32.9 Å². The Bertz CT molecular complexity index is 1540. The number of carbonyl (C=O) groups excluding carboxylic acids is 1. The second-order valence-corrected chi connectivity index (χ2v) is 8.27. The molecule has 2 aromatic carbocycles. The van der Waals surface area contributed by atoms with Crippen LogP contribution in [-0.4, -0.2) is 39.2 Å². The molecule has 0 unspecified atom stereocenters. The molecule has 33 heavy (non-hydrogen) atoms. The summed E-state index contributed by atoms with van der Waals surface area (Å²) in [6, 6.07) is 13.2. The van der Waals surface area contributed by atoms with Gasteiger partial charge in [-0.1, -0.05) is 12.1 Å². The second kappa shape index (κ2) is 7.09. The number of aryl methyl sites for hydroxylation is 1. The lowest BCUT2D eigenvalue weighted by molar-refractivity contribution is 0.0708. The van der Waals surface area contributed by atoms with Gasteiger partial charge in [-0.15, -0.1) is 0 Å². The highest BCUT2D eigenvalue weighted by Gasteiger charge is 2.31. The van der Waals surface area contributed by atoms with Crippen LogP contribution in [0.1, 0.15) is 22.0 Å². The number of furan rings is 1. The number of carbonyl (C=O) groups is 1. The lowest BCUT2D eigenvalue weighted by Crippen LogP contribution is -2.32. The van der Waals surface area contributed by atoms with Crippen molar-refractivity contribution in [2.24, 2.45) is 7.05 Å². The third-order valence-electron chi connectivity index (χ3n) is 6.37. The van der Waals surface area contributed by atoms with E-state index in [-0.39, 0.29) is 11.9 Å². The lowest BCUT2D eigenvalue weighted by Gasteiger charge is -2.24. The number of hydrogen-bond acceptors (Lipinski definition) is 6. The van der Waals surface area contributed by atoms with Crippen molar-refractivity contribution in [1.82, 2.24) is 19.7 Å². The molecule has 164 valence electrons. The van der Waals surface area contributed by atoms with E-state index in [1.165, 1.54) is 0 Å². The van der Waals surface area contributed by atoms with Gasteiger partial charge in [-0.05, 0) is 35.9 Å². The summed E-state index contributed by atoms with van der Waals surface area (Å²) in [6.07, 6.45) is 5.04. The van der Waals surface area contributed by atoms with Crippen molar-refractivity contribution < 1.29 is 13.9 Å². The Hall–Kier alpha value is -4.33. The number of pyridine rings is 1. The lowest BCUT2D eigenvalue weighted by atomic mass is 10.0. The van der Waals surface area contributed by atoms with Crippen molar-refractivity contribution in [3.8, 4) is 16.9 Å². The van der Waals surface area contributed by atoms with Gasteiger partial charge >= 0.3 is 0 Å². The number of amides is 1. The molecule has 3 aromatic heterocycles. The average molecular weight is 439 g/mol. The van der Waals surface area contributed by atoms with Gasteiger partial charge in [0.2, 0.25) is 0 Å². The first-order valence-electron chi connectivity index (χ1n) is 10.6. The Labute approximate surface area is 189 Å². The van der Waals surface area contributed by atoms with E-state index >= 15 is 0 Å². The van der Waals surface area contributed by atoms with Crippen LogP contribution in [0.3, 0.4) is 0 Å². The maximum atomic E-state index is 13.5. The maximum Gasteiger partial charge on any atom is 0.254 e. The summed E-state index contributed by atoms with van der Waals surface area (Å²) in [4.78, 5) is 19.7. The SMILES string of the molecule is CN(C(=O)c1ccc2nc(N)c3cnn(C)c3c2c1)[C@@H]1COc2cc(-c3ccoc3)ccc21. The number of nitrogen functional groups attached to an aromatic ring is 1. The third kappa shape index (κ3) is 2.95. The van der Waals surface area contributed by atoms with Gasteiger partial charge in [0.05, 0.1) is 41.2 Å². The van der Waals surface area contributed by atoms with Crippen molar-refractivity contribution >= 4 is 33.5 Å². The number of likely N-dealkylation sites (N-methyl/N-ethyl adjacent to an activating group) is 1. The Morgan fingerprint density at radius 3 is 2.85 bits per heavy atom. The van der Waals surface area contributed by atoms with Crippen LogP contribution in [0, 0.1) is 0 Å². The molecule has 4 heterocycles. The Kier molecular flexibility index (Phi) is 4.16. The summed E-state index contributed by atoms with van der Waals surface area (Å²) in [5, 5.41) is 5.92. The highest BCUT2D eigenvalue weighted by molar-refractivity contribution is 6.10. The second-order valence-electron chi connectivity index (χ2n) is 8.27. The molecule has 0 bridgehead atoms. The molecular formula is C25H21N5O3. The molecule has 0 spiro atoms. The van der Waals surface area contributed by atoms with Gasteiger partial charge in [0.15, 0.2) is 0 Å². The zero-order valence-corrected chi connectivity index (χ0v) is 18.1. The van der Waals surface area contributed by atoms with Crippen molar-refractivity contribution in [2.45, 2.75) is 6.04 Å². The van der Waals surface area contributed by atoms with Crippen LogP contribution in [0.2, 0.25) is 0 Å². The van der Waals surface area contributed by atoms with Gasteiger partial charge in [0.1, 0.15) is 18.2 Å². The van der Waals surface area contributed by atoms with Gasteiger partial charge in [-0.2, -0.15) is 5.10 Å². The molecule has 8 nitrogen and oxygen atoms in total. The number of hydrogen-bond donors (Lipinski definition) is 1. The van der Waals surface area contributed by atoms with Crippen molar-refractivity contribution in [3.05, 3.63) is 72.3 Å². The van der Waals surface area contributed by atoms with Crippen LogP contribution >= 0.6 is 0 Å². The molecule has 0 saturated carbocycles. The molecule has 1 aliphatic rings. The van der Waals surface area contributed by atoms with Crippen LogP contribution < -0.4 is 10.5 Å². The summed E-state index contributed by atoms with van der Waals surface area (Å²) < 4.78 is 12.9. The number of aromatic nitrogens is 3. The fraction of sp³-hybridized carbons (Fsp3) is 0.160. The van der Waals surface area contributed by atoms with E-state index in [2.05, 4.69) is 10.1 Å². The van der Waals surface area contributed by atoms with E-state index < -0.39 is 0 Å². The summed E-state index contributed by atoms with van der Waals surface area (Å²) in [5.74, 6) is 1.12. The normalized spacial score (nSPS) is 15.0. The van der Waals surface area contributed by atoms with Crippen molar-refractivity contribution in [3.63, 3.8) is 0 Å². The van der Waals surface area contributed by atoms with Crippen LogP contribution in [-0.2, 0) is 7.05 Å². The topological polar surface area (TPSA) is 99.4 Å². The average Bonchev–Trinajstić information content (AvgIpc) is 3.58. The number of nitrogens with two attached hydrogens (primary N) is 1. The monoisotopic (exact) mass is 439 g/mol. The summed E-state index contributed by atoms with van der Waals surface area (Å²) in [5.41, 5.74) is 11.2. The number of nitrogens with zero attached hydrogens (tertiary/aromatic N) is 4. The first-order valence-corrected chi connectivity index (χ1v) is 10.6. The molecule has 8 heteroatoms. The van der Waals surface area contributed by atoms with Gasteiger partial charge in [-0.25, -0.2) is 4.98 Å². The van der Waals surface area contributed by atoms with E-state index in [1.54, 1.807) is 41.4 Å². The molecular weight excluding hydrogens is 418 g/mol. The molecule has 0 fully saturated rings. The standard InChI is InChI=1S/C25H21N5O3/c1-29(21-13-33-22-10-14(3-5-17(21)22)16-7-8-32-12-16)25(31)15-4-6-20-18(9-15)23-19(24(26)28-20)11-27-30(23)2/h3-12,21H,13H2,1-2H3,(H2,26,28)/t21-/m1/s1. The maximum absolute atomic E-state index is 13.5. The van der Waals surface area contributed by atoms with Crippen molar-refractivity contribution in [1.29, 1.82) is 0 Å². The van der Waals surface area contributed by atoms with Crippen LogP contribution in [0.15, 0.2) is 65.6 Å². The Morgan fingerprint density at radius 2 is 2.03 bits per heavy atom. The van der Waals surface area contributed by atoms with E-state index in [9.17, 15) is 4.79 Å². The van der Waals surface area contributed by atoms with Gasteiger partial charge in [0, 0.05) is 36.2 Å². The highest BCUT2D eigenvalue weighted by atomic mass is 16.5. The molecule has 0 aliphatic carbocycles. The summed E-state index contributed by atoms with van der Waals surface area (Å²) in [7, 11) is 3.66. The quantitative estimate of drug-likeness (QED) is 0.453. The number of benzene rings is 2. The number of anilines is 1. The predicted molar refractivity (Wildman–Crippen MR) is 125 cm³/mol. The molecule has 2 N–H and O–H groups in total. The fourth-order valence-electron chi connectivity index (χ4n) is 4.56. The minimum Gasteiger partial charge on any atom is -0.491 e. The summed E-state index contributed by atoms with van der Waals surface area (Å²) in [6.45, 7) is 0.407. The number of rotatable bonds is 3. The molecule has 5 aromatic rings. The van der Waals surface area contributed by atoms with E-state index in [0.717, 1.165) is 44.2 Å². The first kappa shape index (κ1) is 19.4.